The Kier molecular flexibility index (Phi) is 4.76. The van der Waals surface area contributed by atoms with Crippen LogP contribution in [-0.4, -0.2) is 43.8 Å². The Morgan fingerprint density at radius 3 is 2.71 bits per heavy atom. The second kappa shape index (κ2) is 6.33. The van der Waals surface area contributed by atoms with Crippen molar-refractivity contribution in [1.82, 2.24) is 10.4 Å². The molecule has 2 aliphatic rings. The van der Waals surface area contributed by atoms with Gasteiger partial charge in [-0.1, -0.05) is 12.8 Å². The second-order valence-corrected chi connectivity index (χ2v) is 4.96. The molecule has 0 aromatic rings. The fourth-order valence-electron chi connectivity index (χ4n) is 2.75. The van der Waals surface area contributed by atoms with Gasteiger partial charge in [-0.15, -0.1) is 0 Å². The molecule has 5 heteroatoms. The van der Waals surface area contributed by atoms with Gasteiger partial charge in [0.25, 0.3) is 0 Å². The first-order chi connectivity index (χ1) is 8.31. The van der Waals surface area contributed by atoms with Gasteiger partial charge in [0.1, 0.15) is 0 Å². The Morgan fingerprint density at radius 1 is 1.29 bits per heavy atom. The molecule has 3 N–H and O–H groups in total. The number of hydrazine groups is 1. The maximum Gasteiger partial charge on any atom is 0.237 e. The predicted molar refractivity (Wildman–Crippen MR) is 65.0 cm³/mol. The number of nitrogens with one attached hydrogen (secondary N) is 1. The van der Waals surface area contributed by atoms with E-state index in [1.165, 1.54) is 6.42 Å². The topological polar surface area (TPSA) is 67.6 Å². The summed E-state index contributed by atoms with van der Waals surface area (Å²) >= 11 is 0. The third-order valence-electron chi connectivity index (χ3n) is 3.83. The SMILES string of the molecule is NCC1CCCCC1C(=O)NN1CCOCC1. The van der Waals surface area contributed by atoms with Crippen molar-refractivity contribution < 1.29 is 9.53 Å². The van der Waals surface area contributed by atoms with Crippen LogP contribution in [0.1, 0.15) is 25.7 Å². The maximum atomic E-state index is 12.2. The molecule has 1 amide bonds. The largest absolute Gasteiger partial charge is 0.379 e. The molecule has 1 heterocycles. The number of rotatable bonds is 3. The molecule has 17 heavy (non-hydrogen) atoms. The molecule has 1 saturated heterocycles. The van der Waals surface area contributed by atoms with E-state index in [4.69, 9.17) is 10.5 Å². The molecule has 0 spiro atoms. The highest BCUT2D eigenvalue weighted by Gasteiger charge is 2.30. The second-order valence-electron chi connectivity index (χ2n) is 4.96. The van der Waals surface area contributed by atoms with Crippen LogP contribution in [0.15, 0.2) is 0 Å². The normalized spacial score (nSPS) is 31.1. The van der Waals surface area contributed by atoms with Crippen molar-refractivity contribution in [2.24, 2.45) is 17.6 Å². The maximum absolute atomic E-state index is 12.2. The first kappa shape index (κ1) is 12.8. The summed E-state index contributed by atoms with van der Waals surface area (Å²) in [4.78, 5) is 12.2. The Morgan fingerprint density at radius 2 is 2.00 bits per heavy atom. The Hall–Kier alpha value is -0.650. The van der Waals surface area contributed by atoms with Gasteiger partial charge in [0.15, 0.2) is 0 Å². The Balaban J connectivity index is 1.84. The third-order valence-corrected chi connectivity index (χ3v) is 3.83. The summed E-state index contributed by atoms with van der Waals surface area (Å²) in [7, 11) is 0. The van der Waals surface area contributed by atoms with E-state index < -0.39 is 0 Å². The Labute approximate surface area is 103 Å². The van der Waals surface area contributed by atoms with E-state index in [1.54, 1.807) is 0 Å². The summed E-state index contributed by atoms with van der Waals surface area (Å²) in [5, 5.41) is 1.97. The number of nitrogens with two attached hydrogens (primary N) is 1. The van der Waals surface area contributed by atoms with Gasteiger partial charge in [-0.05, 0) is 25.3 Å². The first-order valence-electron chi connectivity index (χ1n) is 6.64. The molecule has 2 rings (SSSR count). The molecule has 5 nitrogen and oxygen atoms in total. The molecule has 2 atom stereocenters. The fraction of sp³-hybridized carbons (Fsp3) is 0.917. The Bertz CT molecular complexity index is 254. The molecule has 0 bridgehead atoms. The van der Waals surface area contributed by atoms with E-state index in [9.17, 15) is 4.79 Å². The number of hydrogen-bond acceptors (Lipinski definition) is 4. The average molecular weight is 241 g/mol. The summed E-state index contributed by atoms with van der Waals surface area (Å²) in [5.41, 5.74) is 8.76. The smallest absolute Gasteiger partial charge is 0.237 e. The molecule has 1 saturated carbocycles. The zero-order valence-electron chi connectivity index (χ0n) is 10.4. The minimum atomic E-state index is 0.108. The quantitative estimate of drug-likeness (QED) is 0.736. The molecule has 2 unspecified atom stereocenters. The lowest BCUT2D eigenvalue weighted by Gasteiger charge is -2.33. The zero-order chi connectivity index (χ0) is 12.1. The van der Waals surface area contributed by atoms with Gasteiger partial charge >= 0.3 is 0 Å². The number of morpholine rings is 1. The van der Waals surface area contributed by atoms with E-state index in [1.807, 2.05) is 5.01 Å². The molecule has 0 aromatic carbocycles. The van der Waals surface area contributed by atoms with Crippen molar-refractivity contribution in [3.05, 3.63) is 0 Å². The van der Waals surface area contributed by atoms with Crippen molar-refractivity contribution in [3.63, 3.8) is 0 Å². The number of amides is 1. The average Bonchev–Trinajstić information content (AvgIpc) is 2.40. The first-order valence-corrected chi connectivity index (χ1v) is 6.64. The van der Waals surface area contributed by atoms with E-state index in [-0.39, 0.29) is 11.8 Å². The predicted octanol–water partition coefficient (Wildman–Crippen LogP) is 0.115. The van der Waals surface area contributed by atoms with E-state index in [0.29, 0.717) is 25.7 Å². The fourth-order valence-corrected chi connectivity index (χ4v) is 2.75. The van der Waals surface area contributed by atoms with Crippen molar-refractivity contribution in [1.29, 1.82) is 0 Å². The molecule has 0 aromatic heterocycles. The van der Waals surface area contributed by atoms with Crippen LogP contribution in [0.25, 0.3) is 0 Å². The summed E-state index contributed by atoms with van der Waals surface area (Å²) in [5.74, 6) is 0.628. The molecule has 2 fully saturated rings. The van der Waals surface area contributed by atoms with Crippen LogP contribution >= 0.6 is 0 Å². The molecule has 1 aliphatic heterocycles. The van der Waals surface area contributed by atoms with Gasteiger partial charge in [-0.3, -0.25) is 10.2 Å². The van der Waals surface area contributed by atoms with Crippen molar-refractivity contribution >= 4 is 5.91 Å². The summed E-state index contributed by atoms with van der Waals surface area (Å²) < 4.78 is 5.26. The summed E-state index contributed by atoms with van der Waals surface area (Å²) in [6, 6.07) is 0. The van der Waals surface area contributed by atoms with Crippen molar-refractivity contribution in [2.75, 3.05) is 32.8 Å². The number of carbonyl (C=O) groups excluding carboxylic acids is 1. The standard InChI is InChI=1S/C12H23N3O2/c13-9-10-3-1-2-4-11(10)12(16)14-15-5-7-17-8-6-15/h10-11H,1-9,13H2,(H,14,16). The van der Waals surface area contributed by atoms with Crippen molar-refractivity contribution in [3.8, 4) is 0 Å². The molecule has 1 aliphatic carbocycles. The van der Waals surface area contributed by atoms with E-state index >= 15 is 0 Å². The van der Waals surface area contributed by atoms with Gasteiger partial charge in [-0.2, -0.15) is 0 Å². The number of ether oxygens (including phenoxy) is 1. The van der Waals surface area contributed by atoms with E-state index in [0.717, 1.165) is 32.4 Å². The van der Waals surface area contributed by atoms with Crippen LogP contribution in [0.5, 0.6) is 0 Å². The highest BCUT2D eigenvalue weighted by molar-refractivity contribution is 5.78. The van der Waals surface area contributed by atoms with Crippen LogP contribution in [-0.2, 0) is 9.53 Å². The lowest BCUT2D eigenvalue weighted by atomic mass is 9.79. The van der Waals surface area contributed by atoms with Gasteiger partial charge in [0, 0.05) is 19.0 Å². The summed E-state index contributed by atoms with van der Waals surface area (Å²) in [6.07, 6.45) is 4.44. The van der Waals surface area contributed by atoms with E-state index in [2.05, 4.69) is 5.43 Å². The van der Waals surface area contributed by atoms with Gasteiger partial charge in [0.2, 0.25) is 5.91 Å². The van der Waals surface area contributed by atoms with Crippen LogP contribution in [0.2, 0.25) is 0 Å². The van der Waals surface area contributed by atoms with Gasteiger partial charge in [0.05, 0.1) is 13.2 Å². The van der Waals surface area contributed by atoms with Crippen LogP contribution in [0.3, 0.4) is 0 Å². The lowest BCUT2D eigenvalue weighted by Crippen LogP contribution is -2.51. The number of hydrogen-bond donors (Lipinski definition) is 2. The van der Waals surface area contributed by atoms with Gasteiger partial charge < -0.3 is 10.5 Å². The molecule has 0 radical (unpaired) electrons. The minimum Gasteiger partial charge on any atom is -0.379 e. The number of carbonyl (C=O) groups is 1. The van der Waals surface area contributed by atoms with Crippen LogP contribution < -0.4 is 11.2 Å². The third kappa shape index (κ3) is 3.40. The highest BCUT2D eigenvalue weighted by atomic mass is 16.5. The van der Waals surface area contributed by atoms with Crippen molar-refractivity contribution in [2.45, 2.75) is 25.7 Å². The number of nitrogens with zero attached hydrogens (tertiary/aromatic N) is 1. The molecular weight excluding hydrogens is 218 g/mol. The molecular formula is C12H23N3O2. The summed E-state index contributed by atoms with van der Waals surface area (Å²) in [6.45, 7) is 3.59. The lowest BCUT2D eigenvalue weighted by molar-refractivity contribution is -0.134. The zero-order valence-corrected chi connectivity index (χ0v) is 10.4. The molecule has 98 valence electrons. The highest BCUT2D eigenvalue weighted by Crippen LogP contribution is 2.29. The van der Waals surface area contributed by atoms with Crippen LogP contribution in [0.4, 0.5) is 0 Å². The van der Waals surface area contributed by atoms with Gasteiger partial charge in [-0.25, -0.2) is 5.01 Å². The minimum absolute atomic E-state index is 0.108. The van der Waals surface area contributed by atoms with Crippen LogP contribution in [0, 0.1) is 11.8 Å². The monoisotopic (exact) mass is 241 g/mol.